The normalized spacial score (nSPS) is 11.9. The quantitative estimate of drug-likeness (QED) is 0.661. The van der Waals surface area contributed by atoms with Crippen molar-refractivity contribution in [2.75, 3.05) is 19.1 Å². The number of ether oxygens (including phenoxy) is 1. The molecule has 0 aromatic rings. The molecule has 1 amide bonds. The van der Waals surface area contributed by atoms with Gasteiger partial charge in [0.1, 0.15) is 6.04 Å². The van der Waals surface area contributed by atoms with Gasteiger partial charge in [0, 0.05) is 12.2 Å². The van der Waals surface area contributed by atoms with Crippen LogP contribution in [0.4, 0.5) is 0 Å². The van der Waals surface area contributed by atoms with E-state index in [1.807, 2.05) is 6.26 Å². The molecule has 0 aromatic carbocycles. The molecule has 0 heterocycles. The van der Waals surface area contributed by atoms with Crippen molar-refractivity contribution in [1.82, 2.24) is 5.32 Å². The average molecular weight is 205 g/mol. The largest absolute Gasteiger partial charge is 0.467 e. The Labute approximate surface area is 82.4 Å². The minimum atomic E-state index is -0.521. The number of carbonyl (C=O) groups excluding carboxylic acids is 2. The minimum absolute atomic E-state index is 0.135. The van der Waals surface area contributed by atoms with Crippen molar-refractivity contribution in [3.05, 3.63) is 0 Å². The highest BCUT2D eigenvalue weighted by atomic mass is 32.2. The summed E-state index contributed by atoms with van der Waals surface area (Å²) in [6.45, 7) is 1.74. The van der Waals surface area contributed by atoms with E-state index in [-0.39, 0.29) is 5.91 Å². The van der Waals surface area contributed by atoms with Crippen LogP contribution in [0.25, 0.3) is 0 Å². The average Bonchev–Trinajstić information content (AvgIpc) is 2.15. The van der Waals surface area contributed by atoms with E-state index in [0.717, 1.165) is 0 Å². The molecule has 0 aliphatic carbocycles. The molecule has 5 heteroatoms. The van der Waals surface area contributed by atoms with Gasteiger partial charge in [0.05, 0.1) is 7.11 Å². The molecule has 0 radical (unpaired) electrons. The number of thioether (sulfide) groups is 1. The molecule has 0 aromatic heterocycles. The maximum atomic E-state index is 11.1. The lowest BCUT2D eigenvalue weighted by Crippen LogP contribution is -2.42. The molecule has 0 fully saturated rings. The van der Waals surface area contributed by atoms with Crippen LogP contribution < -0.4 is 5.32 Å². The number of methoxy groups -OCH3 is 1. The van der Waals surface area contributed by atoms with Crippen LogP contribution in [0.2, 0.25) is 0 Å². The summed E-state index contributed by atoms with van der Waals surface area (Å²) in [6, 6.07) is -0.521. The van der Waals surface area contributed by atoms with Crippen LogP contribution in [0.5, 0.6) is 0 Å². The molecule has 0 aliphatic rings. The number of hydrogen-bond donors (Lipinski definition) is 1. The van der Waals surface area contributed by atoms with E-state index >= 15 is 0 Å². The third-order valence-corrected chi connectivity index (χ3v) is 2.14. The number of esters is 1. The molecule has 1 N–H and O–H groups in total. The number of hydrogen-bond acceptors (Lipinski definition) is 4. The summed E-state index contributed by atoms with van der Waals surface area (Å²) in [6.07, 6.45) is 2.25. The van der Waals surface area contributed by atoms with Crippen molar-refractivity contribution < 1.29 is 14.3 Å². The van der Waals surface area contributed by atoms with Gasteiger partial charge in [-0.05, 0) is 6.26 Å². The summed E-state index contributed by atoms with van der Waals surface area (Å²) < 4.78 is 4.54. The molecule has 1 atom stereocenters. The lowest BCUT2D eigenvalue weighted by atomic mass is 10.3. The van der Waals surface area contributed by atoms with E-state index in [0.29, 0.717) is 12.2 Å². The second-order valence-corrected chi connectivity index (χ2v) is 3.36. The molecule has 0 saturated heterocycles. The lowest BCUT2D eigenvalue weighted by molar-refractivity contribution is -0.144. The van der Waals surface area contributed by atoms with Gasteiger partial charge in [-0.2, -0.15) is 11.8 Å². The number of amides is 1. The summed E-state index contributed by atoms with van der Waals surface area (Å²) in [4.78, 5) is 22.1. The topological polar surface area (TPSA) is 55.4 Å². The van der Waals surface area contributed by atoms with Gasteiger partial charge in [0.2, 0.25) is 5.91 Å². The van der Waals surface area contributed by atoms with Crippen molar-refractivity contribution in [3.63, 3.8) is 0 Å². The van der Waals surface area contributed by atoms with Gasteiger partial charge in [-0.15, -0.1) is 0 Å². The third kappa shape index (κ3) is 4.77. The van der Waals surface area contributed by atoms with Crippen LogP contribution >= 0.6 is 11.8 Å². The van der Waals surface area contributed by atoms with Gasteiger partial charge in [0.25, 0.3) is 0 Å². The molecule has 0 bridgehead atoms. The Balaban J connectivity index is 4.08. The fourth-order valence-corrected chi connectivity index (χ4v) is 1.33. The molecular weight excluding hydrogens is 190 g/mol. The molecule has 76 valence electrons. The lowest BCUT2D eigenvalue weighted by Gasteiger charge is -2.14. The van der Waals surface area contributed by atoms with Gasteiger partial charge in [-0.3, -0.25) is 4.79 Å². The number of rotatable bonds is 5. The smallest absolute Gasteiger partial charge is 0.329 e. The molecule has 13 heavy (non-hydrogen) atoms. The molecule has 0 saturated carbocycles. The van der Waals surface area contributed by atoms with Crippen LogP contribution in [-0.4, -0.2) is 37.0 Å². The summed E-state index contributed by atoms with van der Waals surface area (Å²) in [5.41, 5.74) is 0. The van der Waals surface area contributed by atoms with Gasteiger partial charge in [-0.25, -0.2) is 4.79 Å². The van der Waals surface area contributed by atoms with E-state index in [2.05, 4.69) is 10.1 Å². The third-order valence-electron chi connectivity index (χ3n) is 1.48. The predicted molar refractivity (Wildman–Crippen MR) is 52.6 cm³/mol. The standard InChI is InChI=1S/C8H15NO3S/c1-4-7(10)9-6(5-13-3)8(11)12-2/h6H,4-5H2,1-3H3,(H,9,10)/t6-/m0/s1. The highest BCUT2D eigenvalue weighted by Crippen LogP contribution is 1.99. The Morgan fingerprint density at radius 1 is 1.54 bits per heavy atom. The first-order chi connectivity index (χ1) is 6.15. The molecular formula is C8H15NO3S. The monoisotopic (exact) mass is 205 g/mol. The number of nitrogens with one attached hydrogen (secondary N) is 1. The van der Waals surface area contributed by atoms with Crippen LogP contribution in [0.3, 0.4) is 0 Å². The van der Waals surface area contributed by atoms with Gasteiger partial charge < -0.3 is 10.1 Å². The molecule has 4 nitrogen and oxygen atoms in total. The Kier molecular flexibility index (Phi) is 6.40. The molecule has 0 unspecified atom stereocenters. The van der Waals surface area contributed by atoms with Gasteiger partial charge >= 0.3 is 5.97 Å². The van der Waals surface area contributed by atoms with E-state index in [1.54, 1.807) is 6.92 Å². The Hall–Kier alpha value is -0.710. The van der Waals surface area contributed by atoms with E-state index < -0.39 is 12.0 Å². The van der Waals surface area contributed by atoms with Crippen molar-refractivity contribution in [2.24, 2.45) is 0 Å². The summed E-state index contributed by atoms with van der Waals surface area (Å²) >= 11 is 1.49. The molecule has 0 rings (SSSR count). The summed E-state index contributed by atoms with van der Waals surface area (Å²) in [5.74, 6) is 0.0129. The fourth-order valence-electron chi connectivity index (χ4n) is 0.774. The SMILES string of the molecule is CCC(=O)N[C@@H](CSC)C(=O)OC. The fraction of sp³-hybridized carbons (Fsp3) is 0.750. The van der Waals surface area contributed by atoms with Crippen molar-refractivity contribution in [2.45, 2.75) is 19.4 Å². The maximum Gasteiger partial charge on any atom is 0.329 e. The first-order valence-electron chi connectivity index (χ1n) is 4.01. The second-order valence-electron chi connectivity index (χ2n) is 2.45. The van der Waals surface area contributed by atoms with Crippen LogP contribution in [0, 0.1) is 0 Å². The van der Waals surface area contributed by atoms with Gasteiger partial charge in [-0.1, -0.05) is 6.92 Å². The highest BCUT2D eigenvalue weighted by Gasteiger charge is 2.19. The first-order valence-corrected chi connectivity index (χ1v) is 5.41. The van der Waals surface area contributed by atoms with Crippen LogP contribution in [0.15, 0.2) is 0 Å². The maximum absolute atomic E-state index is 11.1. The van der Waals surface area contributed by atoms with E-state index in [4.69, 9.17) is 0 Å². The van der Waals surface area contributed by atoms with E-state index in [1.165, 1.54) is 18.9 Å². The van der Waals surface area contributed by atoms with Crippen molar-refractivity contribution >= 4 is 23.6 Å². The Morgan fingerprint density at radius 3 is 2.54 bits per heavy atom. The predicted octanol–water partition coefficient (Wildman–Crippen LogP) is 0.417. The van der Waals surface area contributed by atoms with Crippen LogP contribution in [0.1, 0.15) is 13.3 Å². The van der Waals surface area contributed by atoms with Crippen molar-refractivity contribution in [3.8, 4) is 0 Å². The second kappa shape index (κ2) is 6.77. The highest BCUT2D eigenvalue weighted by molar-refractivity contribution is 7.98. The first kappa shape index (κ1) is 12.3. The van der Waals surface area contributed by atoms with Crippen molar-refractivity contribution in [1.29, 1.82) is 0 Å². The molecule has 0 aliphatic heterocycles. The number of carbonyl (C=O) groups is 2. The van der Waals surface area contributed by atoms with Crippen LogP contribution in [-0.2, 0) is 14.3 Å². The minimum Gasteiger partial charge on any atom is -0.467 e. The van der Waals surface area contributed by atoms with E-state index in [9.17, 15) is 9.59 Å². The zero-order chi connectivity index (χ0) is 10.3. The summed E-state index contributed by atoms with van der Waals surface area (Å²) in [5, 5.41) is 2.58. The molecule has 0 spiro atoms. The zero-order valence-electron chi connectivity index (χ0n) is 8.12. The summed E-state index contributed by atoms with van der Waals surface area (Å²) in [7, 11) is 1.31. The Morgan fingerprint density at radius 2 is 2.15 bits per heavy atom. The Bertz CT molecular complexity index is 184. The zero-order valence-corrected chi connectivity index (χ0v) is 8.94. The van der Waals surface area contributed by atoms with Gasteiger partial charge in [0.15, 0.2) is 0 Å².